The zero-order chi connectivity index (χ0) is 23.9. The third-order valence-corrected chi connectivity index (χ3v) is 6.35. The Hall–Kier alpha value is -4.33. The van der Waals surface area contributed by atoms with E-state index in [1.807, 2.05) is 48.0 Å². The molecular weight excluding hydrogens is 445 g/mol. The second-order valence-corrected chi connectivity index (χ2v) is 8.80. The van der Waals surface area contributed by atoms with Crippen LogP contribution in [0.3, 0.4) is 0 Å². The van der Waals surface area contributed by atoms with Crippen molar-refractivity contribution in [3.63, 3.8) is 0 Å². The minimum atomic E-state index is -0.587. The first-order valence-electron chi connectivity index (χ1n) is 11.5. The SMILES string of the molecule is Cn1ccnc1C(NC(=O)c1cc(C2CC2)nc2onc(-c3ccccc3)c12)c1ccc(F)cc1. The van der Waals surface area contributed by atoms with Crippen molar-refractivity contribution in [3.8, 4) is 11.3 Å². The predicted octanol–water partition coefficient (Wildman–Crippen LogP) is 5.16. The number of nitrogens with one attached hydrogen (secondary N) is 1. The number of amides is 1. The van der Waals surface area contributed by atoms with Crippen molar-refractivity contribution in [1.82, 2.24) is 25.0 Å². The lowest BCUT2D eigenvalue weighted by atomic mass is 10.0. The van der Waals surface area contributed by atoms with Crippen molar-refractivity contribution in [2.75, 3.05) is 0 Å². The van der Waals surface area contributed by atoms with Gasteiger partial charge in [0.15, 0.2) is 0 Å². The van der Waals surface area contributed by atoms with Gasteiger partial charge >= 0.3 is 0 Å². The molecule has 1 N–H and O–H groups in total. The van der Waals surface area contributed by atoms with E-state index in [2.05, 4.69) is 20.4 Å². The van der Waals surface area contributed by atoms with Gasteiger partial charge in [0, 0.05) is 36.6 Å². The maximum atomic E-state index is 13.9. The minimum Gasteiger partial charge on any atom is -0.338 e. The Labute approximate surface area is 200 Å². The molecular formula is C27H22FN5O2. The Morgan fingerprint density at radius 3 is 2.60 bits per heavy atom. The van der Waals surface area contributed by atoms with Crippen molar-refractivity contribution < 1.29 is 13.7 Å². The molecule has 1 aliphatic rings. The molecule has 3 aromatic heterocycles. The summed E-state index contributed by atoms with van der Waals surface area (Å²) in [6, 6.07) is 16.9. The van der Waals surface area contributed by atoms with Gasteiger partial charge in [0.2, 0.25) is 0 Å². The standard InChI is InChI=1S/C27H22FN5O2/c1-33-14-13-29-25(33)24(18-9-11-19(28)12-10-18)31-26(34)20-15-21(16-7-8-16)30-27-22(20)23(32-35-27)17-5-3-2-4-6-17/h2-6,9-16,24H,7-8H2,1H3,(H,31,34). The van der Waals surface area contributed by atoms with Gasteiger partial charge in [0.05, 0.1) is 10.9 Å². The quantitative estimate of drug-likeness (QED) is 0.373. The van der Waals surface area contributed by atoms with Crippen molar-refractivity contribution in [3.05, 3.63) is 102 Å². The summed E-state index contributed by atoms with van der Waals surface area (Å²) in [7, 11) is 1.86. The van der Waals surface area contributed by atoms with E-state index in [9.17, 15) is 9.18 Å². The summed E-state index contributed by atoms with van der Waals surface area (Å²) < 4.78 is 21.1. The van der Waals surface area contributed by atoms with E-state index >= 15 is 0 Å². The van der Waals surface area contributed by atoms with Crippen LogP contribution in [0.4, 0.5) is 4.39 Å². The number of carbonyl (C=O) groups excluding carboxylic acids is 1. The van der Waals surface area contributed by atoms with Crippen LogP contribution in [-0.2, 0) is 7.05 Å². The van der Waals surface area contributed by atoms with Crippen LogP contribution < -0.4 is 5.32 Å². The first-order valence-corrected chi connectivity index (χ1v) is 11.5. The molecule has 3 heterocycles. The monoisotopic (exact) mass is 467 g/mol. The van der Waals surface area contributed by atoms with E-state index in [1.165, 1.54) is 12.1 Å². The molecule has 0 radical (unpaired) electrons. The molecule has 7 nitrogen and oxygen atoms in total. The topological polar surface area (TPSA) is 85.8 Å². The summed E-state index contributed by atoms with van der Waals surface area (Å²) in [4.78, 5) is 23.0. The average Bonchev–Trinajstić information content (AvgIpc) is 3.51. The summed E-state index contributed by atoms with van der Waals surface area (Å²) in [5, 5.41) is 7.95. The highest BCUT2D eigenvalue weighted by molar-refractivity contribution is 6.09. The van der Waals surface area contributed by atoms with Crippen LogP contribution in [0.5, 0.6) is 0 Å². The van der Waals surface area contributed by atoms with Crippen LogP contribution in [0.25, 0.3) is 22.4 Å². The second kappa shape index (κ2) is 8.47. The number of carbonyl (C=O) groups is 1. The Kier molecular flexibility index (Phi) is 5.13. The molecule has 5 aromatic rings. The highest BCUT2D eigenvalue weighted by atomic mass is 19.1. The number of halogens is 1. The third kappa shape index (κ3) is 3.97. The third-order valence-electron chi connectivity index (χ3n) is 6.35. The average molecular weight is 468 g/mol. The molecule has 0 aliphatic heterocycles. The van der Waals surface area contributed by atoms with Gasteiger partial charge in [0.1, 0.15) is 23.4 Å². The molecule has 6 rings (SSSR count). The highest BCUT2D eigenvalue weighted by Gasteiger charge is 2.30. The Bertz CT molecular complexity index is 1520. The maximum absolute atomic E-state index is 13.9. The van der Waals surface area contributed by atoms with Gasteiger partial charge in [-0.1, -0.05) is 47.6 Å². The second-order valence-electron chi connectivity index (χ2n) is 8.80. The summed E-state index contributed by atoms with van der Waals surface area (Å²) in [5.74, 6) is 0.294. The van der Waals surface area contributed by atoms with E-state index in [0.717, 1.165) is 29.7 Å². The number of hydrogen-bond donors (Lipinski definition) is 1. The molecule has 0 saturated heterocycles. The van der Waals surface area contributed by atoms with Crippen LogP contribution in [0.15, 0.2) is 77.6 Å². The molecule has 1 aliphatic carbocycles. The number of pyridine rings is 1. The number of hydrogen-bond acceptors (Lipinski definition) is 5. The fourth-order valence-electron chi connectivity index (χ4n) is 4.35. The smallest absolute Gasteiger partial charge is 0.259 e. The summed E-state index contributed by atoms with van der Waals surface area (Å²) in [6.07, 6.45) is 5.54. The Balaban J connectivity index is 1.47. The zero-order valence-corrected chi connectivity index (χ0v) is 19.0. The van der Waals surface area contributed by atoms with E-state index in [-0.39, 0.29) is 11.7 Å². The van der Waals surface area contributed by atoms with Crippen LogP contribution in [0.2, 0.25) is 0 Å². The summed E-state index contributed by atoms with van der Waals surface area (Å²) >= 11 is 0. The fraction of sp³-hybridized carbons (Fsp3) is 0.185. The van der Waals surface area contributed by atoms with Crippen molar-refractivity contribution in [2.45, 2.75) is 24.8 Å². The molecule has 1 fully saturated rings. The van der Waals surface area contributed by atoms with E-state index in [4.69, 9.17) is 4.52 Å². The van der Waals surface area contributed by atoms with Gasteiger partial charge in [-0.2, -0.15) is 0 Å². The molecule has 1 saturated carbocycles. The molecule has 35 heavy (non-hydrogen) atoms. The van der Waals surface area contributed by atoms with E-state index < -0.39 is 6.04 Å². The lowest BCUT2D eigenvalue weighted by Crippen LogP contribution is -2.31. The molecule has 1 amide bonds. The zero-order valence-electron chi connectivity index (χ0n) is 19.0. The lowest BCUT2D eigenvalue weighted by molar-refractivity contribution is 0.0942. The molecule has 2 aromatic carbocycles. The van der Waals surface area contributed by atoms with Gasteiger partial charge in [0.25, 0.3) is 11.6 Å². The molecule has 8 heteroatoms. The van der Waals surface area contributed by atoms with Gasteiger partial charge in [-0.3, -0.25) is 4.79 Å². The maximum Gasteiger partial charge on any atom is 0.259 e. The molecule has 1 unspecified atom stereocenters. The highest BCUT2D eigenvalue weighted by Crippen LogP contribution is 2.41. The Morgan fingerprint density at radius 1 is 1.14 bits per heavy atom. The van der Waals surface area contributed by atoms with Crippen molar-refractivity contribution in [2.24, 2.45) is 7.05 Å². The summed E-state index contributed by atoms with van der Waals surface area (Å²) in [5.41, 5.74) is 3.73. The number of imidazole rings is 1. The van der Waals surface area contributed by atoms with Crippen molar-refractivity contribution >= 4 is 17.0 Å². The van der Waals surface area contributed by atoms with Crippen molar-refractivity contribution in [1.29, 1.82) is 0 Å². The molecule has 0 spiro atoms. The normalized spacial score (nSPS) is 14.2. The van der Waals surface area contributed by atoms with E-state index in [0.29, 0.717) is 34.1 Å². The molecule has 0 bridgehead atoms. The van der Waals surface area contributed by atoms with Crippen LogP contribution in [-0.4, -0.2) is 25.6 Å². The number of rotatable bonds is 6. The van der Waals surface area contributed by atoms with Gasteiger partial charge < -0.3 is 14.4 Å². The van der Waals surface area contributed by atoms with Crippen LogP contribution in [0, 0.1) is 5.82 Å². The van der Waals surface area contributed by atoms with Gasteiger partial charge in [-0.05, 0) is 36.6 Å². The number of aryl methyl sites for hydroxylation is 1. The van der Waals surface area contributed by atoms with Gasteiger partial charge in [-0.25, -0.2) is 14.4 Å². The first-order chi connectivity index (χ1) is 17.1. The van der Waals surface area contributed by atoms with Gasteiger partial charge in [-0.15, -0.1) is 0 Å². The first kappa shape index (κ1) is 21.2. The minimum absolute atomic E-state index is 0.308. The number of aromatic nitrogens is 4. The Morgan fingerprint density at radius 2 is 1.91 bits per heavy atom. The fourth-order valence-corrected chi connectivity index (χ4v) is 4.35. The number of nitrogens with zero attached hydrogens (tertiary/aromatic N) is 4. The summed E-state index contributed by atoms with van der Waals surface area (Å²) in [6.45, 7) is 0. The molecule has 174 valence electrons. The van der Waals surface area contributed by atoms with Crippen LogP contribution in [0.1, 0.15) is 52.2 Å². The van der Waals surface area contributed by atoms with Crippen LogP contribution >= 0.6 is 0 Å². The molecule has 1 atom stereocenters. The largest absolute Gasteiger partial charge is 0.338 e. The lowest BCUT2D eigenvalue weighted by Gasteiger charge is -2.20. The van der Waals surface area contributed by atoms with E-state index in [1.54, 1.807) is 24.5 Å². The predicted molar refractivity (Wildman–Crippen MR) is 128 cm³/mol. The number of benzene rings is 2. The number of fused-ring (bicyclic) bond motifs is 1.